The molecule has 0 aliphatic carbocycles. The first kappa shape index (κ1) is 27.1. The second-order valence-corrected chi connectivity index (χ2v) is 10.4. The van der Waals surface area contributed by atoms with Crippen LogP contribution < -0.4 is 0 Å². The molecule has 0 fully saturated rings. The fraction of sp³-hybridized carbons (Fsp3) is 0.135. The van der Waals surface area contributed by atoms with Crippen molar-refractivity contribution in [1.29, 1.82) is 0 Å². The topological polar surface area (TPSA) is 30.7 Å². The van der Waals surface area contributed by atoms with Crippen LogP contribution in [-0.4, -0.2) is 14.8 Å². The van der Waals surface area contributed by atoms with Gasteiger partial charge in [-0.15, -0.1) is 42.0 Å². The van der Waals surface area contributed by atoms with Crippen molar-refractivity contribution in [2.75, 3.05) is 0 Å². The molecular formula is C37H33IrN3-2. The molecule has 0 atom stereocenters. The average molecular weight is 714 g/mol. The minimum absolute atomic E-state index is 0. The molecule has 4 heteroatoms. The maximum absolute atomic E-state index is 8.44. The van der Waals surface area contributed by atoms with E-state index in [2.05, 4.69) is 46.5 Å². The fourth-order valence-corrected chi connectivity index (χ4v) is 4.24. The van der Waals surface area contributed by atoms with E-state index in [9.17, 15) is 0 Å². The van der Waals surface area contributed by atoms with Crippen LogP contribution in [0.5, 0.6) is 0 Å². The molecule has 0 aliphatic rings. The van der Waals surface area contributed by atoms with Gasteiger partial charge in [-0.2, -0.15) is 29.4 Å². The second-order valence-electron chi connectivity index (χ2n) is 10.4. The molecule has 6 rings (SSSR count). The minimum atomic E-state index is -1.38. The second kappa shape index (κ2) is 14.0. The summed E-state index contributed by atoms with van der Waals surface area (Å²) in [4.78, 5) is 4.22. The van der Waals surface area contributed by atoms with Crippen LogP contribution >= 0.6 is 0 Å². The Kier molecular flexibility index (Phi) is 9.24. The van der Waals surface area contributed by atoms with Crippen LogP contribution in [-0.2, 0) is 26.5 Å². The Morgan fingerprint density at radius 1 is 0.707 bits per heavy atom. The summed E-state index contributed by atoms with van der Waals surface area (Å²) in [5.74, 6) is 0. The Balaban J connectivity index is 0.000000272. The van der Waals surface area contributed by atoms with Gasteiger partial charge in [-0.3, -0.25) is 4.68 Å². The molecule has 6 aromatic rings. The van der Waals surface area contributed by atoms with Crippen LogP contribution in [0.3, 0.4) is 0 Å². The van der Waals surface area contributed by atoms with E-state index in [0.717, 1.165) is 39.2 Å². The Morgan fingerprint density at radius 3 is 1.88 bits per heavy atom. The minimum Gasteiger partial charge on any atom is -0.305 e. The van der Waals surface area contributed by atoms with Crippen molar-refractivity contribution in [1.82, 2.24) is 14.8 Å². The van der Waals surface area contributed by atoms with Crippen LogP contribution in [0.4, 0.5) is 0 Å². The van der Waals surface area contributed by atoms with E-state index in [1.807, 2.05) is 129 Å². The predicted molar refractivity (Wildman–Crippen MR) is 165 cm³/mol. The third kappa shape index (κ3) is 8.44. The quantitative estimate of drug-likeness (QED) is 0.167. The Morgan fingerprint density at radius 2 is 1.32 bits per heavy atom. The number of hydrogen-bond acceptors (Lipinski definition) is 2. The summed E-state index contributed by atoms with van der Waals surface area (Å²) >= 11 is 0. The summed E-state index contributed by atoms with van der Waals surface area (Å²) in [6, 6.07) is 43.9. The Labute approximate surface area is 260 Å². The van der Waals surface area contributed by atoms with Gasteiger partial charge >= 0.3 is 0 Å². The molecule has 0 unspecified atom stereocenters. The number of pyridine rings is 1. The van der Waals surface area contributed by atoms with Crippen molar-refractivity contribution >= 4 is 0 Å². The summed E-state index contributed by atoms with van der Waals surface area (Å²) in [5, 5.41) is 4.45. The van der Waals surface area contributed by atoms with Crippen molar-refractivity contribution < 1.29 is 22.8 Å². The third-order valence-corrected chi connectivity index (χ3v) is 6.13. The molecule has 4 aromatic carbocycles. The van der Waals surface area contributed by atoms with Crippen LogP contribution in [0.25, 0.3) is 39.2 Å². The SMILES string of the molecule is [2H]C([2H])(c1ccc(-c2ccc(-c3cnn(-c4[c-]cccc4)c3)cc2)cc1)C(C)(C)C.[Ir].[c-]1ccccc1-c1ccccn1. The zero-order valence-corrected chi connectivity index (χ0v) is 25.8. The van der Waals surface area contributed by atoms with E-state index in [0.29, 0.717) is 5.56 Å². The van der Waals surface area contributed by atoms with E-state index < -0.39 is 11.8 Å². The molecule has 0 amide bonds. The maximum atomic E-state index is 8.44. The van der Waals surface area contributed by atoms with Crippen molar-refractivity contribution in [3.63, 3.8) is 0 Å². The number of nitrogens with zero attached hydrogens (tertiary/aromatic N) is 3. The zero-order valence-electron chi connectivity index (χ0n) is 25.4. The fourth-order valence-electron chi connectivity index (χ4n) is 4.24. The molecule has 0 bridgehead atoms. The third-order valence-electron chi connectivity index (χ3n) is 6.13. The molecule has 0 saturated carbocycles. The molecule has 0 spiro atoms. The van der Waals surface area contributed by atoms with E-state index in [-0.39, 0.29) is 20.1 Å². The summed E-state index contributed by atoms with van der Waals surface area (Å²) in [6.45, 7) is 5.78. The number of aromatic nitrogens is 3. The zero-order chi connectivity index (χ0) is 29.6. The first-order valence-corrected chi connectivity index (χ1v) is 13.3. The van der Waals surface area contributed by atoms with Gasteiger partial charge in [0.05, 0.1) is 6.20 Å². The monoisotopic (exact) mass is 714 g/mol. The van der Waals surface area contributed by atoms with Crippen LogP contribution in [0.1, 0.15) is 29.1 Å². The molecule has 0 N–H and O–H groups in total. The Hall–Kier alpha value is -4.11. The normalized spacial score (nSPS) is 11.8. The van der Waals surface area contributed by atoms with E-state index >= 15 is 0 Å². The number of rotatable bonds is 5. The molecule has 3 nitrogen and oxygen atoms in total. The van der Waals surface area contributed by atoms with Gasteiger partial charge in [0.2, 0.25) is 0 Å². The first-order chi connectivity index (χ1) is 20.2. The van der Waals surface area contributed by atoms with Crippen LogP contribution in [0.15, 0.2) is 134 Å². The molecule has 2 heterocycles. The summed E-state index contributed by atoms with van der Waals surface area (Å²) < 4.78 is 18.7. The van der Waals surface area contributed by atoms with Gasteiger partial charge < -0.3 is 4.98 Å². The van der Waals surface area contributed by atoms with Crippen molar-refractivity contribution in [2.24, 2.45) is 5.41 Å². The summed E-state index contributed by atoms with van der Waals surface area (Å²) in [6.07, 6.45) is 4.27. The molecule has 2 aromatic heterocycles. The predicted octanol–water partition coefficient (Wildman–Crippen LogP) is 9.14. The van der Waals surface area contributed by atoms with Gasteiger partial charge in [0.15, 0.2) is 0 Å². The van der Waals surface area contributed by atoms with E-state index in [1.54, 1.807) is 6.20 Å². The summed E-state index contributed by atoms with van der Waals surface area (Å²) in [5.41, 5.74) is 7.49. The van der Waals surface area contributed by atoms with Crippen molar-refractivity contribution in [2.45, 2.75) is 27.1 Å². The van der Waals surface area contributed by atoms with Gasteiger partial charge in [-0.1, -0.05) is 81.4 Å². The molecule has 0 saturated heterocycles. The van der Waals surface area contributed by atoms with E-state index in [1.165, 1.54) is 0 Å². The molecule has 207 valence electrons. The summed E-state index contributed by atoms with van der Waals surface area (Å²) in [7, 11) is 0. The number of para-hydroxylation sites is 1. The maximum Gasteiger partial charge on any atom is 0.0571 e. The van der Waals surface area contributed by atoms with Gasteiger partial charge in [-0.25, -0.2) is 0 Å². The standard InChI is InChI=1S/C26H25N2.C11H8N.Ir/c1-26(2,3)17-20-9-11-21(12-10-20)22-13-15-23(16-14-22)24-18-27-28(19-24)25-7-5-4-6-8-25;1-2-6-10(7-3-1)11-8-4-5-9-12-11;/h4-7,9-16,18-19H,17H2,1-3H3;1-6,8-9H;/q2*-1;/i17D2;;. The smallest absolute Gasteiger partial charge is 0.0571 e. The average Bonchev–Trinajstić information content (AvgIpc) is 3.53. The van der Waals surface area contributed by atoms with Gasteiger partial charge in [0.25, 0.3) is 0 Å². The van der Waals surface area contributed by atoms with Crippen molar-refractivity contribution in [3.8, 4) is 39.2 Å². The number of benzene rings is 4. The van der Waals surface area contributed by atoms with Crippen LogP contribution in [0.2, 0.25) is 0 Å². The Bertz CT molecular complexity index is 1660. The number of hydrogen-bond donors (Lipinski definition) is 0. The van der Waals surface area contributed by atoms with Gasteiger partial charge in [0, 0.05) is 40.8 Å². The van der Waals surface area contributed by atoms with Gasteiger partial charge in [-0.05, 0) is 51.5 Å². The largest absolute Gasteiger partial charge is 0.305 e. The van der Waals surface area contributed by atoms with Crippen LogP contribution in [0, 0.1) is 17.5 Å². The first-order valence-electron chi connectivity index (χ1n) is 14.3. The van der Waals surface area contributed by atoms with Gasteiger partial charge in [0.1, 0.15) is 0 Å². The molecule has 41 heavy (non-hydrogen) atoms. The van der Waals surface area contributed by atoms with Crippen molar-refractivity contribution in [3.05, 3.63) is 152 Å². The van der Waals surface area contributed by atoms with E-state index in [4.69, 9.17) is 2.74 Å². The molecule has 0 aliphatic heterocycles. The molecular weight excluding hydrogens is 679 g/mol. The molecule has 1 radical (unpaired) electrons.